The van der Waals surface area contributed by atoms with Crippen molar-refractivity contribution in [3.8, 4) is 16.9 Å². The Bertz CT molecular complexity index is 1550. The van der Waals surface area contributed by atoms with Crippen LogP contribution in [0.4, 0.5) is 0 Å². The summed E-state index contributed by atoms with van der Waals surface area (Å²) in [5, 5.41) is 57.1. The van der Waals surface area contributed by atoms with Gasteiger partial charge in [-0.1, -0.05) is 56.0 Å². The van der Waals surface area contributed by atoms with Crippen molar-refractivity contribution in [3.05, 3.63) is 82.3 Å². The van der Waals surface area contributed by atoms with Crippen LogP contribution in [0.25, 0.3) is 17.2 Å². The lowest BCUT2D eigenvalue weighted by molar-refractivity contribution is -0.162. The van der Waals surface area contributed by atoms with Gasteiger partial charge in [0.25, 0.3) is 5.91 Å². The SMILES string of the molecule is C=Cc1ccc(-c2ccc3c(c2O)C(=O)C2=C(O)C4(O)C(=O)C(C(N)=O)=C(O)C(N(C)C)C4C(O)C2C3C)cc1. The third kappa shape index (κ3) is 3.43. The maximum Gasteiger partial charge on any atom is 0.255 e. The fraction of sp³-hybridized carbons (Fsp3) is 0.300. The topological polar surface area (TPSA) is 182 Å². The largest absolute Gasteiger partial charge is 0.510 e. The van der Waals surface area contributed by atoms with Crippen LogP contribution in [-0.4, -0.2) is 79.7 Å². The second-order valence-electron chi connectivity index (χ2n) is 10.8. The number of nitrogens with zero attached hydrogens (tertiary/aromatic N) is 1. The van der Waals surface area contributed by atoms with Crippen LogP contribution in [0.2, 0.25) is 0 Å². The van der Waals surface area contributed by atoms with E-state index in [-0.39, 0.29) is 11.3 Å². The lowest BCUT2D eigenvalue weighted by Crippen LogP contribution is -2.68. The van der Waals surface area contributed by atoms with E-state index in [4.69, 9.17) is 5.73 Å². The molecule has 0 saturated heterocycles. The number of phenolic OH excluding ortho intramolecular Hbond substituents is 1. The van der Waals surface area contributed by atoms with Crippen molar-refractivity contribution < 1.29 is 39.9 Å². The van der Waals surface area contributed by atoms with Crippen molar-refractivity contribution in [2.75, 3.05) is 14.1 Å². The maximum absolute atomic E-state index is 14.0. The Morgan fingerprint density at radius 2 is 1.70 bits per heavy atom. The van der Waals surface area contributed by atoms with E-state index in [1.165, 1.54) is 19.0 Å². The van der Waals surface area contributed by atoms with E-state index in [0.29, 0.717) is 16.7 Å². The summed E-state index contributed by atoms with van der Waals surface area (Å²) >= 11 is 0. The molecule has 2 aromatic carbocycles. The van der Waals surface area contributed by atoms with E-state index in [1.54, 1.807) is 49.4 Å². The first-order valence-corrected chi connectivity index (χ1v) is 12.7. The van der Waals surface area contributed by atoms with Crippen LogP contribution in [0.15, 0.2) is 65.6 Å². The molecule has 208 valence electrons. The molecule has 0 saturated carbocycles. The van der Waals surface area contributed by atoms with E-state index >= 15 is 0 Å². The molecule has 6 atom stereocenters. The minimum atomic E-state index is -2.95. The number of aliphatic hydroxyl groups is 4. The monoisotopic (exact) mass is 546 g/mol. The quantitative estimate of drug-likeness (QED) is 0.312. The number of rotatable bonds is 4. The summed E-state index contributed by atoms with van der Waals surface area (Å²) < 4.78 is 0. The average molecular weight is 547 g/mol. The molecule has 10 nitrogen and oxygen atoms in total. The molecule has 6 unspecified atom stereocenters. The first-order valence-electron chi connectivity index (χ1n) is 12.7. The number of hydrogen-bond donors (Lipinski definition) is 6. The molecular weight excluding hydrogens is 516 g/mol. The van der Waals surface area contributed by atoms with Gasteiger partial charge in [-0.05, 0) is 36.7 Å². The zero-order chi connectivity index (χ0) is 29.4. The van der Waals surface area contributed by atoms with Crippen LogP contribution in [-0.2, 0) is 9.59 Å². The van der Waals surface area contributed by atoms with Gasteiger partial charge in [-0.25, -0.2) is 0 Å². The number of carbonyl (C=O) groups is 3. The van der Waals surface area contributed by atoms with Crippen molar-refractivity contribution in [2.24, 2.45) is 17.6 Å². The first kappa shape index (κ1) is 27.3. The zero-order valence-electron chi connectivity index (χ0n) is 22.1. The van der Waals surface area contributed by atoms with Crippen molar-refractivity contribution in [2.45, 2.75) is 30.6 Å². The van der Waals surface area contributed by atoms with E-state index in [9.17, 15) is 39.9 Å². The van der Waals surface area contributed by atoms with Crippen LogP contribution < -0.4 is 5.73 Å². The summed E-state index contributed by atoms with van der Waals surface area (Å²) in [5.74, 6) is -9.12. The molecule has 0 fully saturated rings. The Kier molecular flexibility index (Phi) is 6.25. The number of hydrogen-bond acceptors (Lipinski definition) is 9. The van der Waals surface area contributed by atoms with Crippen LogP contribution in [0.1, 0.15) is 34.3 Å². The molecule has 1 amide bonds. The smallest absolute Gasteiger partial charge is 0.255 e. The Morgan fingerprint density at radius 3 is 2.25 bits per heavy atom. The molecule has 3 aliphatic carbocycles. The fourth-order valence-electron chi connectivity index (χ4n) is 6.65. The van der Waals surface area contributed by atoms with Gasteiger partial charge in [0.05, 0.1) is 23.6 Å². The normalized spacial score (nSPS) is 29.7. The van der Waals surface area contributed by atoms with E-state index in [1.807, 2.05) is 0 Å². The number of phenols is 1. The molecular formula is C30H30N2O8. The molecule has 5 rings (SSSR count). The summed E-state index contributed by atoms with van der Waals surface area (Å²) in [6.45, 7) is 5.41. The van der Waals surface area contributed by atoms with Crippen LogP contribution in [0.3, 0.4) is 0 Å². The average Bonchev–Trinajstić information content (AvgIpc) is 2.90. The number of carbonyl (C=O) groups excluding carboxylic acids is 3. The number of Topliss-reactive ketones (excluding diaryl/α,β-unsaturated/α-hetero) is 2. The highest BCUT2D eigenvalue weighted by molar-refractivity contribution is 6.25. The van der Waals surface area contributed by atoms with Crippen molar-refractivity contribution in [3.63, 3.8) is 0 Å². The standard InChI is InChI=1S/C30H30N2O8/c1-5-13-6-8-14(9-7-13)16-11-10-15-12(2)17-19(24(34)18(15)23(16)33)27(37)30(40)21(25(17)35)22(32(3)4)26(36)20(28(30)38)29(31)39/h5-12,17,21-22,25,33,35-37,40H,1H2,2-4H3,(H2,31,39). The zero-order valence-corrected chi connectivity index (χ0v) is 22.1. The van der Waals surface area contributed by atoms with E-state index in [2.05, 4.69) is 6.58 Å². The molecule has 0 spiro atoms. The summed E-state index contributed by atoms with van der Waals surface area (Å²) in [6, 6.07) is 9.09. The van der Waals surface area contributed by atoms with Gasteiger partial charge in [-0.2, -0.15) is 0 Å². The Labute approximate surface area is 230 Å². The highest BCUT2D eigenvalue weighted by Gasteiger charge is 2.67. The lowest BCUT2D eigenvalue weighted by Gasteiger charge is -2.53. The van der Waals surface area contributed by atoms with Crippen molar-refractivity contribution in [1.29, 1.82) is 0 Å². The van der Waals surface area contributed by atoms with Gasteiger partial charge in [0.1, 0.15) is 22.8 Å². The third-order valence-corrected chi connectivity index (χ3v) is 8.59. The molecule has 3 aliphatic rings. The molecule has 0 heterocycles. The summed E-state index contributed by atoms with van der Waals surface area (Å²) in [6.07, 6.45) is 0.0272. The van der Waals surface area contributed by atoms with Crippen LogP contribution >= 0.6 is 0 Å². The first-order chi connectivity index (χ1) is 18.8. The van der Waals surface area contributed by atoms with Gasteiger partial charge in [0.2, 0.25) is 5.78 Å². The predicted molar refractivity (Wildman–Crippen MR) is 145 cm³/mol. The summed E-state index contributed by atoms with van der Waals surface area (Å²) in [4.78, 5) is 41.0. The Morgan fingerprint density at radius 1 is 1.07 bits per heavy atom. The predicted octanol–water partition coefficient (Wildman–Crippen LogP) is 1.96. The van der Waals surface area contributed by atoms with E-state index in [0.717, 1.165) is 5.56 Å². The fourth-order valence-corrected chi connectivity index (χ4v) is 6.65. The highest BCUT2D eigenvalue weighted by Crippen LogP contribution is 2.56. The maximum atomic E-state index is 14.0. The van der Waals surface area contributed by atoms with Crippen LogP contribution in [0, 0.1) is 11.8 Å². The van der Waals surface area contributed by atoms with Gasteiger partial charge in [0, 0.05) is 17.1 Å². The van der Waals surface area contributed by atoms with Crippen molar-refractivity contribution in [1.82, 2.24) is 4.90 Å². The number of aliphatic hydroxyl groups excluding tert-OH is 3. The molecule has 7 N–H and O–H groups in total. The summed E-state index contributed by atoms with van der Waals surface area (Å²) in [7, 11) is 2.98. The number of benzene rings is 2. The van der Waals surface area contributed by atoms with Gasteiger partial charge >= 0.3 is 0 Å². The Hall–Kier alpha value is -4.25. The number of nitrogens with two attached hydrogens (primary N) is 1. The molecule has 0 bridgehead atoms. The van der Waals surface area contributed by atoms with Gasteiger partial charge in [-0.3, -0.25) is 19.3 Å². The molecule has 10 heteroatoms. The van der Waals surface area contributed by atoms with Gasteiger partial charge in [0.15, 0.2) is 11.4 Å². The number of amides is 1. The third-order valence-electron chi connectivity index (χ3n) is 8.59. The highest BCUT2D eigenvalue weighted by atomic mass is 16.4. The molecule has 40 heavy (non-hydrogen) atoms. The second-order valence-corrected chi connectivity index (χ2v) is 10.8. The minimum Gasteiger partial charge on any atom is -0.510 e. The summed E-state index contributed by atoms with van der Waals surface area (Å²) in [5.41, 5.74) is 3.10. The number of fused-ring (bicyclic) bond motifs is 3. The van der Waals surface area contributed by atoms with Gasteiger partial charge < -0.3 is 31.3 Å². The number of ketones is 2. The van der Waals surface area contributed by atoms with Gasteiger partial charge in [-0.15, -0.1) is 0 Å². The lowest BCUT2D eigenvalue weighted by atomic mass is 9.55. The number of likely N-dealkylation sites (N-methyl/N-ethyl adjacent to an activating group) is 1. The molecule has 2 aromatic rings. The molecule has 0 aliphatic heterocycles. The number of aromatic hydroxyl groups is 1. The van der Waals surface area contributed by atoms with Crippen molar-refractivity contribution >= 4 is 23.5 Å². The molecule has 0 radical (unpaired) electrons. The second kappa shape index (κ2) is 9.16. The molecule has 0 aromatic heterocycles. The minimum absolute atomic E-state index is 0.134. The van der Waals surface area contributed by atoms with Crippen LogP contribution in [0.5, 0.6) is 5.75 Å². The van der Waals surface area contributed by atoms with E-state index < -0.39 is 75.6 Å². The number of primary amides is 1. The Balaban J connectivity index is 1.75.